The van der Waals surface area contributed by atoms with Crippen LogP contribution < -0.4 is 5.32 Å². The van der Waals surface area contributed by atoms with Gasteiger partial charge < -0.3 is 5.32 Å². The highest BCUT2D eigenvalue weighted by Crippen LogP contribution is 2.26. The molecule has 0 aromatic rings. The van der Waals surface area contributed by atoms with Crippen LogP contribution in [0.1, 0.15) is 19.3 Å². The second kappa shape index (κ2) is 1.81. The molecule has 1 amide bonds. The highest BCUT2D eigenvalue weighted by Gasteiger charge is 2.40. The van der Waals surface area contributed by atoms with Crippen LogP contribution in [0.15, 0.2) is 0 Å². The summed E-state index contributed by atoms with van der Waals surface area (Å²) in [4.78, 5) is 21.9. The predicted molar refractivity (Wildman–Crippen MR) is 34.3 cm³/mol. The Hall–Kier alpha value is -0.860. The van der Waals surface area contributed by atoms with E-state index in [0.29, 0.717) is 12.5 Å². The molecule has 1 saturated carbocycles. The van der Waals surface area contributed by atoms with E-state index in [9.17, 15) is 9.59 Å². The van der Waals surface area contributed by atoms with Crippen LogP contribution in [0, 0.1) is 5.92 Å². The highest BCUT2D eigenvalue weighted by molar-refractivity contribution is 6.04. The van der Waals surface area contributed by atoms with Crippen LogP contribution in [-0.4, -0.2) is 17.7 Å². The Labute approximate surface area is 58.8 Å². The zero-order chi connectivity index (χ0) is 7.14. The first kappa shape index (κ1) is 5.89. The van der Waals surface area contributed by atoms with Gasteiger partial charge in [0.05, 0.1) is 5.92 Å². The van der Waals surface area contributed by atoms with Gasteiger partial charge in [-0.2, -0.15) is 0 Å². The molecule has 1 aliphatic heterocycles. The van der Waals surface area contributed by atoms with Crippen LogP contribution in [0.25, 0.3) is 0 Å². The molecule has 0 unspecified atom stereocenters. The lowest BCUT2D eigenvalue weighted by Gasteiger charge is -2.13. The normalized spacial score (nSPS) is 38.0. The molecule has 2 fully saturated rings. The summed E-state index contributed by atoms with van der Waals surface area (Å²) in [6, 6.07) is 0.301. The largest absolute Gasteiger partial charge is 0.353 e. The van der Waals surface area contributed by atoms with Crippen LogP contribution in [-0.2, 0) is 9.59 Å². The van der Waals surface area contributed by atoms with E-state index in [-0.39, 0.29) is 17.6 Å². The fourth-order valence-electron chi connectivity index (χ4n) is 1.71. The lowest BCUT2D eigenvalue weighted by molar-refractivity contribution is -0.131. The molecule has 54 valence electrons. The second-order valence-electron chi connectivity index (χ2n) is 3.00. The summed E-state index contributed by atoms with van der Waals surface area (Å²) in [5.41, 5.74) is 0. The molecule has 2 aliphatic rings. The fourth-order valence-corrected chi connectivity index (χ4v) is 1.71. The second-order valence-corrected chi connectivity index (χ2v) is 3.00. The first-order valence-electron chi connectivity index (χ1n) is 3.60. The summed E-state index contributed by atoms with van der Waals surface area (Å²) in [6.45, 7) is 0. The van der Waals surface area contributed by atoms with E-state index in [0.717, 1.165) is 12.8 Å². The Morgan fingerprint density at radius 2 is 2.20 bits per heavy atom. The van der Waals surface area contributed by atoms with Crippen molar-refractivity contribution in [3.63, 3.8) is 0 Å². The molecule has 3 heteroatoms. The minimum Gasteiger partial charge on any atom is -0.353 e. The van der Waals surface area contributed by atoms with Crippen LogP contribution >= 0.6 is 0 Å². The van der Waals surface area contributed by atoms with Crippen molar-refractivity contribution < 1.29 is 9.59 Å². The van der Waals surface area contributed by atoms with Crippen LogP contribution in [0.5, 0.6) is 0 Å². The van der Waals surface area contributed by atoms with Crippen molar-refractivity contribution in [3.05, 3.63) is 0 Å². The van der Waals surface area contributed by atoms with Crippen molar-refractivity contribution >= 4 is 11.7 Å². The predicted octanol–water partition coefficient (Wildman–Crippen LogP) is -0.146. The number of carbonyl (C=O) groups is 2. The average Bonchev–Trinajstić information content (AvgIpc) is 2.21. The molecule has 0 radical (unpaired) electrons. The van der Waals surface area contributed by atoms with Gasteiger partial charge >= 0.3 is 0 Å². The van der Waals surface area contributed by atoms with Gasteiger partial charge in [0.2, 0.25) is 5.91 Å². The van der Waals surface area contributed by atoms with Gasteiger partial charge in [-0.15, -0.1) is 0 Å². The molecular weight excluding hydrogens is 130 g/mol. The third kappa shape index (κ3) is 0.664. The molecule has 0 aromatic carbocycles. The summed E-state index contributed by atoms with van der Waals surface area (Å²) in [6.07, 6.45) is 2.19. The molecule has 10 heavy (non-hydrogen) atoms. The van der Waals surface area contributed by atoms with Crippen molar-refractivity contribution in [1.82, 2.24) is 5.32 Å². The fraction of sp³-hybridized carbons (Fsp3) is 0.714. The van der Waals surface area contributed by atoms with Crippen molar-refractivity contribution in [2.45, 2.75) is 25.3 Å². The first-order chi connectivity index (χ1) is 4.77. The molecule has 2 rings (SSSR count). The number of nitrogens with one attached hydrogen (secondary N) is 1. The summed E-state index contributed by atoms with van der Waals surface area (Å²) in [5, 5.41) is 2.79. The van der Waals surface area contributed by atoms with Gasteiger partial charge in [-0.3, -0.25) is 9.59 Å². The maximum atomic E-state index is 11.0. The molecule has 1 heterocycles. The molecule has 0 aromatic heterocycles. The molecule has 1 saturated heterocycles. The van der Waals surface area contributed by atoms with Crippen LogP contribution in [0.2, 0.25) is 0 Å². The van der Waals surface area contributed by atoms with Crippen LogP contribution in [0.4, 0.5) is 0 Å². The lowest BCUT2D eigenvalue weighted by atomic mass is 9.89. The average molecular weight is 139 g/mol. The zero-order valence-electron chi connectivity index (χ0n) is 5.59. The van der Waals surface area contributed by atoms with E-state index >= 15 is 0 Å². The summed E-state index contributed by atoms with van der Waals surface area (Å²) < 4.78 is 0. The highest BCUT2D eigenvalue weighted by atomic mass is 16.2. The van der Waals surface area contributed by atoms with E-state index in [1.54, 1.807) is 0 Å². The van der Waals surface area contributed by atoms with Gasteiger partial charge in [0.15, 0.2) is 0 Å². The Morgan fingerprint density at radius 1 is 1.40 bits per heavy atom. The van der Waals surface area contributed by atoms with E-state index < -0.39 is 0 Å². The molecule has 0 spiro atoms. The molecule has 1 N–H and O–H groups in total. The van der Waals surface area contributed by atoms with Gasteiger partial charge in [-0.05, 0) is 12.8 Å². The summed E-state index contributed by atoms with van der Waals surface area (Å²) in [5.74, 6) is -0.211. The van der Waals surface area contributed by atoms with Gasteiger partial charge in [-0.1, -0.05) is 0 Å². The third-order valence-corrected chi connectivity index (χ3v) is 2.31. The molecule has 1 aliphatic carbocycles. The minimum atomic E-state index is -0.293. The van der Waals surface area contributed by atoms with Crippen molar-refractivity contribution in [2.24, 2.45) is 5.92 Å². The van der Waals surface area contributed by atoms with Gasteiger partial charge in [0.1, 0.15) is 5.78 Å². The standard InChI is InChI=1S/C7H9NO2/c9-6-2-1-4-3-5(6)7(10)8-4/h4-5H,1-3H2,(H,8,10)/t4-,5+/m1/s1. The number of carbonyl (C=O) groups excluding carboxylic acids is 2. The smallest absolute Gasteiger partial charge is 0.230 e. The number of hydrogen-bond donors (Lipinski definition) is 1. The Morgan fingerprint density at radius 3 is 2.90 bits per heavy atom. The van der Waals surface area contributed by atoms with E-state index in [1.807, 2.05) is 0 Å². The Kier molecular flexibility index (Phi) is 1.07. The van der Waals surface area contributed by atoms with E-state index in [4.69, 9.17) is 0 Å². The number of ketones is 1. The maximum Gasteiger partial charge on any atom is 0.230 e. The lowest BCUT2D eigenvalue weighted by Crippen LogP contribution is -2.24. The third-order valence-electron chi connectivity index (χ3n) is 2.31. The summed E-state index contributed by atoms with van der Waals surface area (Å²) >= 11 is 0. The number of amides is 1. The van der Waals surface area contributed by atoms with Crippen molar-refractivity contribution in [1.29, 1.82) is 0 Å². The SMILES string of the molecule is O=C1CC[C@@H]2C[C@@H]1C(=O)N2. The first-order valence-corrected chi connectivity index (χ1v) is 3.60. The molecular formula is C7H9NO2. The topological polar surface area (TPSA) is 46.2 Å². The monoisotopic (exact) mass is 139 g/mol. The Bertz CT molecular complexity index is 192. The minimum absolute atomic E-state index is 0.0486. The van der Waals surface area contributed by atoms with Crippen molar-refractivity contribution in [3.8, 4) is 0 Å². The van der Waals surface area contributed by atoms with Gasteiger partial charge in [0, 0.05) is 12.5 Å². The van der Waals surface area contributed by atoms with E-state index in [1.165, 1.54) is 0 Å². The maximum absolute atomic E-state index is 11.0. The number of Topliss-reactive ketones (excluding diaryl/α,β-unsaturated/α-hetero) is 1. The number of rotatable bonds is 0. The van der Waals surface area contributed by atoms with Crippen molar-refractivity contribution in [2.75, 3.05) is 0 Å². The van der Waals surface area contributed by atoms with Gasteiger partial charge in [-0.25, -0.2) is 0 Å². The quantitative estimate of drug-likeness (QED) is 0.474. The summed E-state index contributed by atoms with van der Waals surface area (Å²) in [7, 11) is 0. The number of hydrogen-bond acceptors (Lipinski definition) is 2. The zero-order valence-corrected chi connectivity index (χ0v) is 5.59. The van der Waals surface area contributed by atoms with E-state index in [2.05, 4.69) is 5.32 Å². The Balaban J connectivity index is 2.25. The number of fused-ring (bicyclic) bond motifs is 2. The van der Waals surface area contributed by atoms with Gasteiger partial charge in [0.25, 0.3) is 0 Å². The van der Waals surface area contributed by atoms with Crippen LogP contribution in [0.3, 0.4) is 0 Å². The molecule has 2 bridgehead atoms. The molecule has 2 atom stereocenters. The molecule has 3 nitrogen and oxygen atoms in total.